The molecule has 1 unspecified atom stereocenters. The van der Waals surface area contributed by atoms with E-state index in [1.807, 2.05) is 11.8 Å². The van der Waals surface area contributed by atoms with Gasteiger partial charge in [-0.05, 0) is 37.1 Å². The predicted octanol–water partition coefficient (Wildman–Crippen LogP) is 2.78. The zero-order chi connectivity index (χ0) is 15.5. The SMILES string of the molecule is CCNCc1ccc(N2CCCC2CO)cc1C(F)(F)F. The zero-order valence-electron chi connectivity index (χ0n) is 12.1. The maximum absolute atomic E-state index is 13.2. The molecule has 0 bridgehead atoms. The highest BCUT2D eigenvalue weighted by Gasteiger charge is 2.34. The van der Waals surface area contributed by atoms with Gasteiger partial charge in [-0.2, -0.15) is 13.2 Å². The number of aliphatic hydroxyl groups is 1. The molecule has 118 valence electrons. The summed E-state index contributed by atoms with van der Waals surface area (Å²) in [5, 5.41) is 12.3. The third kappa shape index (κ3) is 3.68. The molecule has 1 aliphatic heterocycles. The van der Waals surface area contributed by atoms with Gasteiger partial charge in [0.1, 0.15) is 0 Å². The normalized spacial score (nSPS) is 19.3. The largest absolute Gasteiger partial charge is 0.416 e. The van der Waals surface area contributed by atoms with Crippen LogP contribution in [0.4, 0.5) is 18.9 Å². The summed E-state index contributed by atoms with van der Waals surface area (Å²) in [7, 11) is 0. The lowest BCUT2D eigenvalue weighted by atomic mass is 10.0. The van der Waals surface area contributed by atoms with Gasteiger partial charge in [0.15, 0.2) is 0 Å². The van der Waals surface area contributed by atoms with E-state index >= 15 is 0 Å². The Labute approximate surface area is 122 Å². The smallest absolute Gasteiger partial charge is 0.394 e. The Morgan fingerprint density at radius 2 is 2.14 bits per heavy atom. The Balaban J connectivity index is 2.32. The van der Waals surface area contributed by atoms with Crippen LogP contribution in [0.3, 0.4) is 0 Å². The third-order valence-corrected chi connectivity index (χ3v) is 3.88. The van der Waals surface area contributed by atoms with Crippen LogP contribution < -0.4 is 10.2 Å². The number of anilines is 1. The molecule has 1 aromatic carbocycles. The number of hydrogen-bond donors (Lipinski definition) is 2. The Bertz CT molecular complexity index is 476. The summed E-state index contributed by atoms with van der Waals surface area (Å²) >= 11 is 0. The van der Waals surface area contributed by atoms with Gasteiger partial charge in [0.25, 0.3) is 0 Å². The van der Waals surface area contributed by atoms with E-state index in [-0.39, 0.29) is 24.8 Å². The number of benzene rings is 1. The molecule has 6 heteroatoms. The summed E-state index contributed by atoms with van der Waals surface area (Å²) in [5.74, 6) is 0. The summed E-state index contributed by atoms with van der Waals surface area (Å²) in [6, 6.07) is 4.38. The first-order valence-corrected chi connectivity index (χ1v) is 7.25. The molecule has 0 aromatic heterocycles. The monoisotopic (exact) mass is 302 g/mol. The topological polar surface area (TPSA) is 35.5 Å². The lowest BCUT2D eigenvalue weighted by molar-refractivity contribution is -0.138. The zero-order valence-corrected chi connectivity index (χ0v) is 12.1. The number of nitrogens with one attached hydrogen (secondary N) is 1. The van der Waals surface area contributed by atoms with Crippen LogP contribution >= 0.6 is 0 Å². The van der Waals surface area contributed by atoms with E-state index in [0.717, 1.165) is 12.8 Å². The maximum Gasteiger partial charge on any atom is 0.416 e. The fraction of sp³-hybridized carbons (Fsp3) is 0.600. The Morgan fingerprint density at radius 1 is 1.38 bits per heavy atom. The number of nitrogens with zero attached hydrogens (tertiary/aromatic N) is 1. The van der Waals surface area contributed by atoms with E-state index in [9.17, 15) is 18.3 Å². The van der Waals surface area contributed by atoms with Crippen LogP contribution in [0.25, 0.3) is 0 Å². The van der Waals surface area contributed by atoms with Crippen molar-refractivity contribution in [1.29, 1.82) is 0 Å². The van der Waals surface area contributed by atoms with Gasteiger partial charge in [0.2, 0.25) is 0 Å². The molecular formula is C15H21F3N2O. The first-order chi connectivity index (χ1) is 9.97. The first kappa shape index (κ1) is 16.1. The minimum atomic E-state index is -4.37. The number of alkyl halides is 3. The average molecular weight is 302 g/mol. The minimum absolute atomic E-state index is 0.0273. The molecule has 0 saturated carbocycles. The predicted molar refractivity (Wildman–Crippen MR) is 76.3 cm³/mol. The van der Waals surface area contributed by atoms with Crippen molar-refractivity contribution in [2.24, 2.45) is 0 Å². The molecule has 21 heavy (non-hydrogen) atoms. The van der Waals surface area contributed by atoms with Crippen LogP contribution in [0.2, 0.25) is 0 Å². The van der Waals surface area contributed by atoms with Crippen molar-refractivity contribution in [2.75, 3.05) is 24.6 Å². The van der Waals surface area contributed by atoms with Gasteiger partial charge in [0.05, 0.1) is 18.2 Å². The van der Waals surface area contributed by atoms with E-state index < -0.39 is 11.7 Å². The van der Waals surface area contributed by atoms with E-state index in [0.29, 0.717) is 18.8 Å². The van der Waals surface area contributed by atoms with Crippen LogP contribution in [-0.4, -0.2) is 30.8 Å². The average Bonchev–Trinajstić information content (AvgIpc) is 2.92. The maximum atomic E-state index is 13.2. The third-order valence-electron chi connectivity index (χ3n) is 3.88. The molecular weight excluding hydrogens is 281 g/mol. The van der Waals surface area contributed by atoms with Gasteiger partial charge >= 0.3 is 6.18 Å². The molecule has 3 nitrogen and oxygen atoms in total. The molecule has 0 spiro atoms. The Morgan fingerprint density at radius 3 is 2.76 bits per heavy atom. The van der Waals surface area contributed by atoms with Gasteiger partial charge in [0, 0.05) is 18.8 Å². The lowest BCUT2D eigenvalue weighted by Crippen LogP contribution is -2.32. The molecule has 1 fully saturated rings. The Kier molecular flexibility index (Phi) is 5.11. The second kappa shape index (κ2) is 6.66. The molecule has 0 amide bonds. The highest BCUT2D eigenvalue weighted by atomic mass is 19.4. The van der Waals surface area contributed by atoms with E-state index in [4.69, 9.17) is 0 Å². The van der Waals surface area contributed by atoms with Crippen molar-refractivity contribution in [3.63, 3.8) is 0 Å². The second-order valence-corrected chi connectivity index (χ2v) is 5.29. The number of hydrogen-bond acceptors (Lipinski definition) is 3. The number of rotatable bonds is 5. The lowest BCUT2D eigenvalue weighted by Gasteiger charge is -2.26. The molecule has 2 N–H and O–H groups in total. The fourth-order valence-electron chi connectivity index (χ4n) is 2.79. The molecule has 1 aromatic rings. The molecule has 1 saturated heterocycles. The molecule has 0 radical (unpaired) electrons. The number of halogens is 3. The van der Waals surface area contributed by atoms with Gasteiger partial charge in [-0.25, -0.2) is 0 Å². The van der Waals surface area contributed by atoms with Crippen LogP contribution in [0.5, 0.6) is 0 Å². The van der Waals surface area contributed by atoms with Gasteiger partial charge in [-0.1, -0.05) is 13.0 Å². The standard InChI is InChI=1S/C15H21F3N2O/c1-2-19-9-11-5-6-12(8-14(11)15(16,17)18)20-7-3-4-13(20)10-21/h5-6,8,13,19,21H,2-4,7,9-10H2,1H3. The molecule has 1 aliphatic rings. The van der Waals surface area contributed by atoms with Crippen LogP contribution in [0, 0.1) is 0 Å². The van der Waals surface area contributed by atoms with Crippen molar-refractivity contribution in [1.82, 2.24) is 5.32 Å². The highest BCUT2D eigenvalue weighted by Crippen LogP contribution is 2.36. The summed E-state index contributed by atoms with van der Waals surface area (Å²) < 4.78 is 39.7. The van der Waals surface area contributed by atoms with Crippen molar-refractivity contribution >= 4 is 5.69 Å². The summed E-state index contributed by atoms with van der Waals surface area (Å²) in [4.78, 5) is 1.87. The van der Waals surface area contributed by atoms with Crippen LogP contribution in [-0.2, 0) is 12.7 Å². The van der Waals surface area contributed by atoms with Crippen molar-refractivity contribution in [2.45, 2.75) is 38.5 Å². The Hall–Kier alpha value is -1.27. The van der Waals surface area contributed by atoms with E-state index in [1.54, 1.807) is 6.07 Å². The fourth-order valence-corrected chi connectivity index (χ4v) is 2.79. The second-order valence-electron chi connectivity index (χ2n) is 5.29. The van der Waals surface area contributed by atoms with Crippen molar-refractivity contribution in [3.8, 4) is 0 Å². The summed E-state index contributed by atoms with van der Waals surface area (Å²) in [6.07, 6.45) is -2.65. The van der Waals surface area contributed by atoms with Gasteiger partial charge in [-0.15, -0.1) is 0 Å². The molecule has 2 rings (SSSR count). The first-order valence-electron chi connectivity index (χ1n) is 7.25. The summed E-state index contributed by atoms with van der Waals surface area (Å²) in [5.41, 5.74) is 0.205. The molecule has 1 atom stereocenters. The van der Waals surface area contributed by atoms with Gasteiger partial charge < -0.3 is 15.3 Å². The minimum Gasteiger partial charge on any atom is -0.394 e. The van der Waals surface area contributed by atoms with E-state index in [1.165, 1.54) is 12.1 Å². The summed E-state index contributed by atoms with van der Waals surface area (Å²) in [6.45, 7) is 3.35. The van der Waals surface area contributed by atoms with Crippen LogP contribution in [0.15, 0.2) is 18.2 Å². The van der Waals surface area contributed by atoms with Gasteiger partial charge in [-0.3, -0.25) is 0 Å². The van der Waals surface area contributed by atoms with Crippen molar-refractivity contribution < 1.29 is 18.3 Å². The number of aliphatic hydroxyl groups excluding tert-OH is 1. The van der Waals surface area contributed by atoms with Crippen LogP contribution in [0.1, 0.15) is 30.9 Å². The van der Waals surface area contributed by atoms with Crippen molar-refractivity contribution in [3.05, 3.63) is 29.3 Å². The van der Waals surface area contributed by atoms with E-state index in [2.05, 4.69) is 5.32 Å². The quantitative estimate of drug-likeness (QED) is 0.878. The molecule has 1 heterocycles. The highest BCUT2D eigenvalue weighted by molar-refractivity contribution is 5.53. The molecule has 0 aliphatic carbocycles.